The minimum atomic E-state index is -0.227. The van der Waals surface area contributed by atoms with Crippen molar-refractivity contribution in [1.29, 1.82) is 0 Å². The van der Waals surface area contributed by atoms with E-state index in [-0.39, 0.29) is 6.04 Å². The molecule has 1 aromatic heterocycles. The Balaban J connectivity index is 2.33. The lowest BCUT2D eigenvalue weighted by atomic mass is 10.2. The maximum absolute atomic E-state index is 5.77. The highest BCUT2D eigenvalue weighted by atomic mass is 35.5. The van der Waals surface area contributed by atoms with Crippen LogP contribution in [0.3, 0.4) is 0 Å². The van der Waals surface area contributed by atoms with Gasteiger partial charge in [-0.05, 0) is 31.2 Å². The van der Waals surface area contributed by atoms with E-state index in [1.807, 2.05) is 12.1 Å². The van der Waals surface area contributed by atoms with Crippen LogP contribution in [0.25, 0.3) is 11.5 Å². The SMILES string of the molecule is C[C@H](N)c1noc(-c2ccc(Cl)cc2)n1. The molecule has 0 spiro atoms. The number of aromatic nitrogens is 2. The smallest absolute Gasteiger partial charge is 0.257 e. The first-order valence-electron chi connectivity index (χ1n) is 4.52. The molecule has 0 aliphatic carbocycles. The standard InChI is InChI=1S/C10H10ClN3O/c1-6(12)9-13-10(15-14-9)7-2-4-8(11)5-3-7/h2-6H,12H2,1H3/t6-/m0/s1. The third kappa shape index (κ3) is 2.16. The van der Waals surface area contributed by atoms with Gasteiger partial charge in [0, 0.05) is 10.6 Å². The molecule has 1 aromatic carbocycles. The van der Waals surface area contributed by atoms with Gasteiger partial charge in [-0.1, -0.05) is 16.8 Å². The Morgan fingerprint density at radius 2 is 2.00 bits per heavy atom. The molecule has 2 aromatic rings. The maximum atomic E-state index is 5.77. The van der Waals surface area contributed by atoms with E-state index >= 15 is 0 Å². The summed E-state index contributed by atoms with van der Waals surface area (Å²) in [6.45, 7) is 1.80. The second-order valence-corrected chi connectivity index (χ2v) is 3.69. The van der Waals surface area contributed by atoms with Crippen molar-refractivity contribution in [2.75, 3.05) is 0 Å². The van der Waals surface area contributed by atoms with Crippen molar-refractivity contribution in [3.63, 3.8) is 0 Å². The number of nitrogens with two attached hydrogens (primary N) is 1. The van der Waals surface area contributed by atoms with Crippen molar-refractivity contribution in [1.82, 2.24) is 10.1 Å². The molecule has 2 rings (SSSR count). The Kier molecular flexibility index (Phi) is 2.70. The van der Waals surface area contributed by atoms with E-state index in [2.05, 4.69) is 10.1 Å². The van der Waals surface area contributed by atoms with Gasteiger partial charge in [-0.3, -0.25) is 0 Å². The van der Waals surface area contributed by atoms with Crippen molar-refractivity contribution in [2.45, 2.75) is 13.0 Å². The molecule has 0 aliphatic rings. The van der Waals surface area contributed by atoms with Gasteiger partial charge < -0.3 is 10.3 Å². The summed E-state index contributed by atoms with van der Waals surface area (Å²) in [5, 5.41) is 4.44. The Hall–Kier alpha value is -1.39. The predicted molar refractivity (Wildman–Crippen MR) is 57.3 cm³/mol. The third-order valence-corrected chi connectivity index (χ3v) is 2.19. The minimum Gasteiger partial charge on any atom is -0.334 e. The second-order valence-electron chi connectivity index (χ2n) is 3.25. The predicted octanol–water partition coefficient (Wildman–Crippen LogP) is 2.41. The van der Waals surface area contributed by atoms with E-state index in [0.29, 0.717) is 16.7 Å². The molecule has 0 unspecified atom stereocenters. The van der Waals surface area contributed by atoms with E-state index in [0.717, 1.165) is 5.56 Å². The first kappa shape index (κ1) is 10.1. The lowest BCUT2D eigenvalue weighted by Crippen LogP contribution is -2.06. The van der Waals surface area contributed by atoms with E-state index in [1.54, 1.807) is 19.1 Å². The number of hydrogen-bond acceptors (Lipinski definition) is 4. The van der Waals surface area contributed by atoms with Crippen LogP contribution in [0.2, 0.25) is 5.02 Å². The lowest BCUT2D eigenvalue weighted by molar-refractivity contribution is 0.418. The zero-order valence-electron chi connectivity index (χ0n) is 8.14. The summed E-state index contributed by atoms with van der Waals surface area (Å²) < 4.78 is 5.07. The van der Waals surface area contributed by atoms with Crippen LogP contribution in [0.15, 0.2) is 28.8 Å². The van der Waals surface area contributed by atoms with E-state index in [4.69, 9.17) is 21.9 Å². The number of hydrogen-bond donors (Lipinski definition) is 1. The molecule has 5 heteroatoms. The van der Waals surface area contributed by atoms with Gasteiger partial charge in [0.05, 0.1) is 6.04 Å². The van der Waals surface area contributed by atoms with Crippen LogP contribution >= 0.6 is 11.6 Å². The zero-order chi connectivity index (χ0) is 10.8. The summed E-state index contributed by atoms with van der Waals surface area (Å²) in [6.07, 6.45) is 0. The highest BCUT2D eigenvalue weighted by molar-refractivity contribution is 6.30. The van der Waals surface area contributed by atoms with Gasteiger partial charge in [-0.15, -0.1) is 0 Å². The quantitative estimate of drug-likeness (QED) is 0.849. The molecule has 78 valence electrons. The summed E-state index contributed by atoms with van der Waals surface area (Å²) in [7, 11) is 0. The van der Waals surface area contributed by atoms with Gasteiger partial charge in [-0.2, -0.15) is 4.98 Å². The Bertz CT molecular complexity index is 450. The van der Waals surface area contributed by atoms with Crippen LogP contribution in [-0.4, -0.2) is 10.1 Å². The molecular weight excluding hydrogens is 214 g/mol. The zero-order valence-corrected chi connectivity index (χ0v) is 8.90. The summed E-state index contributed by atoms with van der Waals surface area (Å²) >= 11 is 5.77. The first-order valence-corrected chi connectivity index (χ1v) is 4.90. The molecule has 15 heavy (non-hydrogen) atoms. The molecule has 1 heterocycles. The molecule has 0 amide bonds. The van der Waals surface area contributed by atoms with Gasteiger partial charge in [0.25, 0.3) is 5.89 Å². The average Bonchev–Trinajstić information content (AvgIpc) is 2.68. The van der Waals surface area contributed by atoms with Crippen LogP contribution in [-0.2, 0) is 0 Å². The molecule has 0 saturated carbocycles. The van der Waals surface area contributed by atoms with Crippen LogP contribution in [0.4, 0.5) is 0 Å². The average molecular weight is 224 g/mol. The van der Waals surface area contributed by atoms with Gasteiger partial charge >= 0.3 is 0 Å². The highest BCUT2D eigenvalue weighted by Gasteiger charge is 2.11. The minimum absolute atomic E-state index is 0.227. The summed E-state index contributed by atoms with van der Waals surface area (Å²) in [5.74, 6) is 0.957. The molecule has 0 bridgehead atoms. The summed E-state index contributed by atoms with van der Waals surface area (Å²) in [6, 6.07) is 6.95. The third-order valence-electron chi connectivity index (χ3n) is 1.94. The number of halogens is 1. The molecule has 0 aliphatic heterocycles. The topological polar surface area (TPSA) is 64.9 Å². The van der Waals surface area contributed by atoms with Crippen molar-refractivity contribution in [3.05, 3.63) is 35.1 Å². The van der Waals surface area contributed by atoms with E-state index in [1.165, 1.54) is 0 Å². The monoisotopic (exact) mass is 223 g/mol. The fourth-order valence-electron chi connectivity index (χ4n) is 1.13. The maximum Gasteiger partial charge on any atom is 0.257 e. The fraction of sp³-hybridized carbons (Fsp3) is 0.200. The summed E-state index contributed by atoms with van der Waals surface area (Å²) in [5.41, 5.74) is 6.46. The van der Waals surface area contributed by atoms with Crippen LogP contribution in [0.1, 0.15) is 18.8 Å². The largest absolute Gasteiger partial charge is 0.334 e. The lowest BCUT2D eigenvalue weighted by Gasteiger charge is -1.94. The van der Waals surface area contributed by atoms with Crippen molar-refractivity contribution in [2.24, 2.45) is 5.73 Å². The van der Waals surface area contributed by atoms with Crippen molar-refractivity contribution >= 4 is 11.6 Å². The normalized spacial score (nSPS) is 12.7. The number of benzene rings is 1. The molecular formula is C10H10ClN3O. The summed E-state index contributed by atoms with van der Waals surface area (Å²) in [4.78, 5) is 4.16. The molecule has 1 atom stereocenters. The molecule has 0 saturated heterocycles. The fourth-order valence-corrected chi connectivity index (χ4v) is 1.26. The van der Waals surface area contributed by atoms with Gasteiger partial charge in [0.2, 0.25) is 0 Å². The molecule has 4 nitrogen and oxygen atoms in total. The highest BCUT2D eigenvalue weighted by Crippen LogP contribution is 2.20. The second kappa shape index (κ2) is 4.00. The molecule has 0 fully saturated rings. The Morgan fingerprint density at radius 3 is 2.53 bits per heavy atom. The van der Waals surface area contributed by atoms with E-state index < -0.39 is 0 Å². The number of rotatable bonds is 2. The van der Waals surface area contributed by atoms with Gasteiger partial charge in [-0.25, -0.2) is 0 Å². The van der Waals surface area contributed by atoms with Crippen molar-refractivity contribution in [3.8, 4) is 11.5 Å². The van der Waals surface area contributed by atoms with E-state index in [9.17, 15) is 0 Å². The van der Waals surface area contributed by atoms with Gasteiger partial charge in [0.1, 0.15) is 0 Å². The van der Waals surface area contributed by atoms with Gasteiger partial charge in [0.15, 0.2) is 5.82 Å². The molecule has 0 radical (unpaired) electrons. The number of nitrogens with zero attached hydrogens (tertiary/aromatic N) is 2. The van der Waals surface area contributed by atoms with Crippen LogP contribution < -0.4 is 5.73 Å². The molecule has 2 N–H and O–H groups in total. The van der Waals surface area contributed by atoms with Crippen molar-refractivity contribution < 1.29 is 4.52 Å². The van der Waals surface area contributed by atoms with Crippen LogP contribution in [0.5, 0.6) is 0 Å². The van der Waals surface area contributed by atoms with Crippen LogP contribution in [0, 0.1) is 0 Å². The Labute approximate surface area is 92.0 Å². The first-order chi connectivity index (χ1) is 7.16. The Morgan fingerprint density at radius 1 is 1.33 bits per heavy atom.